The van der Waals surface area contributed by atoms with E-state index in [0.717, 1.165) is 4.47 Å². The van der Waals surface area contributed by atoms with Crippen molar-refractivity contribution in [3.8, 4) is 0 Å². The number of rotatable bonds is 2. The molecular weight excluding hydrogens is 323 g/mol. The van der Waals surface area contributed by atoms with Crippen molar-refractivity contribution in [2.75, 3.05) is 5.32 Å². The summed E-state index contributed by atoms with van der Waals surface area (Å²) >= 11 is 8.93. The smallest absolute Gasteiger partial charge is 0.272 e. The van der Waals surface area contributed by atoms with Gasteiger partial charge >= 0.3 is 0 Å². The van der Waals surface area contributed by atoms with Crippen LogP contribution in [0.5, 0.6) is 0 Å². The zero-order valence-electron chi connectivity index (χ0n) is 9.38. The Morgan fingerprint density at radius 3 is 2.72 bits per heavy atom. The molecule has 0 saturated carbocycles. The second-order valence-corrected chi connectivity index (χ2v) is 5.06. The van der Waals surface area contributed by atoms with E-state index in [1.54, 1.807) is 23.9 Å². The normalized spacial score (nSPS) is 10.4. The molecule has 0 saturated heterocycles. The van der Waals surface area contributed by atoms with E-state index in [1.165, 1.54) is 18.2 Å². The molecule has 2 aromatic rings. The molecule has 0 aliphatic carbocycles. The lowest BCUT2D eigenvalue weighted by molar-refractivity contribution is 0.101. The van der Waals surface area contributed by atoms with Crippen LogP contribution >= 0.6 is 27.5 Å². The van der Waals surface area contributed by atoms with E-state index in [4.69, 9.17) is 11.6 Å². The number of carbonyl (C=O) groups excluding carboxylic acids is 1. The minimum Gasteiger partial charge on any atom is -0.345 e. The molecule has 1 aromatic carbocycles. The van der Waals surface area contributed by atoms with Crippen molar-refractivity contribution in [2.45, 2.75) is 0 Å². The number of nitrogens with zero attached hydrogens (tertiary/aromatic N) is 1. The van der Waals surface area contributed by atoms with Crippen molar-refractivity contribution >= 4 is 39.1 Å². The molecule has 0 bridgehead atoms. The van der Waals surface area contributed by atoms with Crippen molar-refractivity contribution < 1.29 is 9.18 Å². The van der Waals surface area contributed by atoms with Crippen LogP contribution in [0, 0.1) is 5.82 Å². The molecule has 1 aromatic heterocycles. The summed E-state index contributed by atoms with van der Waals surface area (Å²) in [6, 6.07) is 5.73. The van der Waals surface area contributed by atoms with E-state index in [-0.39, 0.29) is 10.9 Å². The van der Waals surface area contributed by atoms with Gasteiger partial charge in [-0.05, 0) is 40.2 Å². The van der Waals surface area contributed by atoms with E-state index in [1.807, 2.05) is 0 Å². The molecule has 1 heterocycles. The Bertz CT molecular complexity index is 612. The molecule has 0 atom stereocenters. The Kier molecular flexibility index (Phi) is 3.73. The van der Waals surface area contributed by atoms with Crippen LogP contribution in [0.1, 0.15) is 10.5 Å². The number of anilines is 1. The number of aromatic nitrogens is 1. The van der Waals surface area contributed by atoms with Gasteiger partial charge in [0.25, 0.3) is 5.91 Å². The average Bonchev–Trinajstić information content (AvgIpc) is 2.63. The minimum atomic E-state index is -0.517. The Labute approximate surface area is 117 Å². The summed E-state index contributed by atoms with van der Waals surface area (Å²) in [6.45, 7) is 0. The molecule has 2 rings (SSSR count). The van der Waals surface area contributed by atoms with Gasteiger partial charge in [0.15, 0.2) is 0 Å². The van der Waals surface area contributed by atoms with Crippen LogP contribution in [-0.4, -0.2) is 10.5 Å². The van der Waals surface area contributed by atoms with Crippen LogP contribution in [0.25, 0.3) is 0 Å². The Morgan fingerprint density at radius 1 is 1.44 bits per heavy atom. The highest BCUT2D eigenvalue weighted by molar-refractivity contribution is 9.10. The fourth-order valence-corrected chi connectivity index (χ4v) is 2.22. The van der Waals surface area contributed by atoms with Crippen molar-refractivity contribution in [3.05, 3.63) is 51.5 Å². The van der Waals surface area contributed by atoms with Crippen LogP contribution in [0.3, 0.4) is 0 Å². The predicted molar refractivity (Wildman–Crippen MR) is 72.5 cm³/mol. The maximum atomic E-state index is 13.0. The quantitative estimate of drug-likeness (QED) is 0.891. The van der Waals surface area contributed by atoms with Gasteiger partial charge in [0, 0.05) is 23.4 Å². The Balaban J connectivity index is 2.21. The second-order valence-electron chi connectivity index (χ2n) is 3.74. The number of hydrogen-bond acceptors (Lipinski definition) is 1. The van der Waals surface area contributed by atoms with Crippen molar-refractivity contribution in [3.63, 3.8) is 0 Å². The van der Waals surface area contributed by atoms with Crippen molar-refractivity contribution in [2.24, 2.45) is 7.05 Å². The van der Waals surface area contributed by atoms with Gasteiger partial charge < -0.3 is 9.88 Å². The summed E-state index contributed by atoms with van der Waals surface area (Å²) in [7, 11) is 1.76. The van der Waals surface area contributed by atoms with Gasteiger partial charge in [-0.1, -0.05) is 11.6 Å². The summed E-state index contributed by atoms with van der Waals surface area (Å²) in [5, 5.41) is 2.62. The molecule has 94 valence electrons. The highest BCUT2D eigenvalue weighted by atomic mass is 79.9. The molecular formula is C12H9BrClFN2O. The summed E-state index contributed by atoms with van der Waals surface area (Å²) in [6.07, 6.45) is 1.77. The molecule has 0 radical (unpaired) electrons. The zero-order chi connectivity index (χ0) is 13.3. The number of nitrogens with one attached hydrogen (secondary N) is 1. The lowest BCUT2D eigenvalue weighted by atomic mass is 10.3. The fourth-order valence-electron chi connectivity index (χ4n) is 1.52. The summed E-state index contributed by atoms with van der Waals surface area (Å²) < 4.78 is 15.5. The van der Waals surface area contributed by atoms with Gasteiger partial charge in [-0.25, -0.2) is 4.39 Å². The molecule has 6 heteroatoms. The Morgan fingerprint density at radius 2 is 2.17 bits per heavy atom. The molecule has 0 unspecified atom stereocenters. The SMILES string of the molecule is Cn1cc(Br)cc1C(=O)Nc1ccc(F)c(Cl)c1. The Hall–Kier alpha value is -1.33. The molecule has 1 N–H and O–H groups in total. The van der Waals surface area contributed by atoms with E-state index in [2.05, 4.69) is 21.2 Å². The van der Waals surface area contributed by atoms with Crippen molar-refractivity contribution in [1.29, 1.82) is 0 Å². The summed E-state index contributed by atoms with van der Waals surface area (Å²) in [4.78, 5) is 12.0. The van der Waals surface area contributed by atoms with Crippen LogP contribution in [0.2, 0.25) is 5.02 Å². The van der Waals surface area contributed by atoms with Crippen LogP contribution in [0.4, 0.5) is 10.1 Å². The number of carbonyl (C=O) groups is 1. The highest BCUT2D eigenvalue weighted by Gasteiger charge is 2.12. The number of benzene rings is 1. The lowest BCUT2D eigenvalue weighted by Gasteiger charge is -2.06. The number of halogens is 3. The standard InChI is InChI=1S/C12H9BrClFN2O/c1-17-6-7(13)4-11(17)12(18)16-8-2-3-10(15)9(14)5-8/h2-6H,1H3,(H,16,18). The summed E-state index contributed by atoms with van der Waals surface area (Å²) in [5.74, 6) is -0.804. The predicted octanol–water partition coefficient (Wildman–Crippen LogP) is 3.83. The first kappa shape index (κ1) is 13.1. The van der Waals surface area contributed by atoms with Crippen molar-refractivity contribution in [1.82, 2.24) is 4.57 Å². The first-order valence-electron chi connectivity index (χ1n) is 5.05. The second kappa shape index (κ2) is 5.12. The molecule has 18 heavy (non-hydrogen) atoms. The monoisotopic (exact) mass is 330 g/mol. The third-order valence-corrected chi connectivity index (χ3v) is 3.11. The van der Waals surface area contributed by atoms with Gasteiger partial charge in [-0.15, -0.1) is 0 Å². The van der Waals surface area contributed by atoms with Crippen LogP contribution < -0.4 is 5.32 Å². The van der Waals surface area contributed by atoms with E-state index in [9.17, 15) is 9.18 Å². The number of amides is 1. The number of hydrogen-bond donors (Lipinski definition) is 1. The molecule has 0 spiro atoms. The molecule has 1 amide bonds. The topological polar surface area (TPSA) is 34.0 Å². The number of aryl methyl sites for hydroxylation is 1. The summed E-state index contributed by atoms with van der Waals surface area (Å²) in [5.41, 5.74) is 0.936. The average molecular weight is 332 g/mol. The van der Waals surface area contributed by atoms with Crippen LogP contribution in [0.15, 0.2) is 34.9 Å². The zero-order valence-corrected chi connectivity index (χ0v) is 11.7. The third-order valence-electron chi connectivity index (χ3n) is 2.38. The molecule has 0 aliphatic rings. The van der Waals surface area contributed by atoms with Gasteiger partial charge in [0.05, 0.1) is 5.02 Å². The van der Waals surface area contributed by atoms with Gasteiger partial charge in [-0.2, -0.15) is 0 Å². The van der Waals surface area contributed by atoms with Crippen LogP contribution in [-0.2, 0) is 7.05 Å². The molecule has 0 fully saturated rings. The molecule has 3 nitrogen and oxygen atoms in total. The fraction of sp³-hybridized carbons (Fsp3) is 0.0833. The van der Waals surface area contributed by atoms with E-state index >= 15 is 0 Å². The highest BCUT2D eigenvalue weighted by Crippen LogP contribution is 2.20. The van der Waals surface area contributed by atoms with E-state index in [0.29, 0.717) is 11.4 Å². The van der Waals surface area contributed by atoms with Gasteiger partial charge in [-0.3, -0.25) is 4.79 Å². The lowest BCUT2D eigenvalue weighted by Crippen LogP contribution is -2.15. The van der Waals surface area contributed by atoms with Gasteiger partial charge in [0.1, 0.15) is 11.5 Å². The largest absolute Gasteiger partial charge is 0.345 e. The minimum absolute atomic E-state index is 0.0270. The first-order valence-corrected chi connectivity index (χ1v) is 6.23. The maximum Gasteiger partial charge on any atom is 0.272 e. The first-order chi connectivity index (χ1) is 8.47. The van der Waals surface area contributed by atoms with Gasteiger partial charge in [0.2, 0.25) is 0 Å². The third kappa shape index (κ3) is 2.73. The molecule has 0 aliphatic heterocycles. The maximum absolute atomic E-state index is 13.0. The van der Waals surface area contributed by atoms with E-state index < -0.39 is 5.82 Å².